The predicted octanol–water partition coefficient (Wildman–Crippen LogP) is 2.91. The highest BCUT2D eigenvalue weighted by atomic mass is 35.5. The van der Waals surface area contributed by atoms with Crippen molar-refractivity contribution in [3.05, 3.63) is 29.3 Å². The molecule has 2 N–H and O–H groups in total. The number of hydrogen-bond donors (Lipinski definition) is 2. The molecule has 1 aromatic carbocycles. The number of halogens is 1. The van der Waals surface area contributed by atoms with Gasteiger partial charge in [0.05, 0.1) is 23.8 Å². The molecule has 0 saturated heterocycles. The van der Waals surface area contributed by atoms with E-state index < -0.39 is 0 Å². The Kier molecular flexibility index (Phi) is 9.33. The van der Waals surface area contributed by atoms with Crippen molar-refractivity contribution in [2.75, 3.05) is 32.0 Å². The quantitative estimate of drug-likeness (QED) is 0.644. The van der Waals surface area contributed by atoms with E-state index in [-0.39, 0.29) is 24.9 Å². The maximum atomic E-state index is 11.9. The van der Waals surface area contributed by atoms with Gasteiger partial charge in [-0.05, 0) is 25.6 Å². The van der Waals surface area contributed by atoms with Crippen molar-refractivity contribution in [2.24, 2.45) is 0 Å². The maximum Gasteiger partial charge on any atom is 0.238 e. The highest BCUT2D eigenvalue weighted by molar-refractivity contribution is 6.33. The third kappa shape index (κ3) is 8.57. The molecule has 0 unspecified atom stereocenters. The number of carbonyl (C=O) groups is 2. The van der Waals surface area contributed by atoms with Gasteiger partial charge in [0.15, 0.2) is 0 Å². The lowest BCUT2D eigenvalue weighted by molar-refractivity contribution is -0.122. The molecule has 0 aliphatic rings. The molecule has 0 heterocycles. The fourth-order valence-electron chi connectivity index (χ4n) is 2.13. The number of para-hydroxylation sites is 1. The number of amides is 2. The predicted molar refractivity (Wildman–Crippen MR) is 94.7 cm³/mol. The summed E-state index contributed by atoms with van der Waals surface area (Å²) < 4.78 is 0. The van der Waals surface area contributed by atoms with Crippen LogP contribution in [-0.4, -0.2) is 43.4 Å². The molecule has 0 atom stereocenters. The molecule has 0 aromatic heterocycles. The highest BCUT2D eigenvalue weighted by Gasteiger charge is 2.11. The lowest BCUT2D eigenvalue weighted by atomic mass is 10.2. The molecule has 6 heteroatoms. The van der Waals surface area contributed by atoms with Crippen LogP contribution in [0.4, 0.5) is 5.69 Å². The third-order valence-corrected chi connectivity index (χ3v) is 3.66. The van der Waals surface area contributed by atoms with Crippen LogP contribution in [0.25, 0.3) is 0 Å². The highest BCUT2D eigenvalue weighted by Crippen LogP contribution is 2.20. The summed E-state index contributed by atoms with van der Waals surface area (Å²) in [4.78, 5) is 25.4. The molecule has 1 aromatic rings. The fourth-order valence-corrected chi connectivity index (χ4v) is 2.32. The summed E-state index contributed by atoms with van der Waals surface area (Å²) >= 11 is 5.99. The van der Waals surface area contributed by atoms with Crippen molar-refractivity contribution in [2.45, 2.75) is 32.6 Å². The van der Waals surface area contributed by atoms with Gasteiger partial charge in [-0.15, -0.1) is 0 Å². The van der Waals surface area contributed by atoms with Gasteiger partial charge >= 0.3 is 0 Å². The molecule has 0 spiro atoms. The minimum atomic E-state index is -0.198. The summed E-state index contributed by atoms with van der Waals surface area (Å²) in [6, 6.07) is 7.06. The minimum Gasteiger partial charge on any atom is -0.355 e. The van der Waals surface area contributed by atoms with E-state index in [1.807, 2.05) is 0 Å². The summed E-state index contributed by atoms with van der Waals surface area (Å²) in [5.74, 6) is -0.258. The number of anilines is 1. The summed E-state index contributed by atoms with van der Waals surface area (Å²) in [5, 5.41) is 6.10. The summed E-state index contributed by atoms with van der Waals surface area (Å²) in [6.07, 6.45) is 4.50. The number of rotatable bonds is 10. The molecule has 5 nitrogen and oxygen atoms in total. The second kappa shape index (κ2) is 11.0. The van der Waals surface area contributed by atoms with Crippen molar-refractivity contribution in [1.82, 2.24) is 10.2 Å². The summed E-state index contributed by atoms with van der Waals surface area (Å²) in [7, 11) is 1.74. The fraction of sp³-hybridized carbons (Fsp3) is 0.529. The third-order valence-electron chi connectivity index (χ3n) is 3.33. The first kappa shape index (κ1) is 19.5. The van der Waals surface area contributed by atoms with Crippen LogP contribution in [0.1, 0.15) is 32.6 Å². The first-order valence-corrected chi connectivity index (χ1v) is 8.40. The van der Waals surface area contributed by atoms with E-state index in [1.54, 1.807) is 36.2 Å². The van der Waals surface area contributed by atoms with Crippen LogP contribution in [0.3, 0.4) is 0 Å². The van der Waals surface area contributed by atoms with Crippen LogP contribution >= 0.6 is 11.6 Å². The number of nitrogens with one attached hydrogen (secondary N) is 2. The van der Waals surface area contributed by atoms with Gasteiger partial charge in [-0.1, -0.05) is 49.9 Å². The van der Waals surface area contributed by atoms with Crippen LogP contribution in [0, 0.1) is 0 Å². The zero-order valence-corrected chi connectivity index (χ0v) is 14.7. The Morgan fingerprint density at radius 2 is 1.78 bits per heavy atom. The largest absolute Gasteiger partial charge is 0.355 e. The first-order valence-electron chi connectivity index (χ1n) is 8.02. The molecular formula is C17H26ClN3O2. The van der Waals surface area contributed by atoms with Gasteiger partial charge in [0, 0.05) is 6.54 Å². The molecule has 0 radical (unpaired) electrons. The monoisotopic (exact) mass is 339 g/mol. The van der Waals surface area contributed by atoms with Gasteiger partial charge in [-0.25, -0.2) is 0 Å². The molecule has 0 saturated carbocycles. The van der Waals surface area contributed by atoms with Gasteiger partial charge in [0.25, 0.3) is 0 Å². The van der Waals surface area contributed by atoms with Gasteiger partial charge in [-0.3, -0.25) is 14.5 Å². The maximum absolute atomic E-state index is 11.9. The molecule has 128 valence electrons. The summed E-state index contributed by atoms with van der Waals surface area (Å²) in [5.41, 5.74) is 0.577. The molecule has 0 aliphatic carbocycles. The average molecular weight is 340 g/mol. The smallest absolute Gasteiger partial charge is 0.238 e. The van der Waals surface area contributed by atoms with Crippen LogP contribution in [0.2, 0.25) is 5.02 Å². The van der Waals surface area contributed by atoms with Crippen molar-refractivity contribution in [3.63, 3.8) is 0 Å². The Balaban J connectivity index is 2.24. The Morgan fingerprint density at radius 3 is 2.48 bits per heavy atom. The Morgan fingerprint density at radius 1 is 1.09 bits per heavy atom. The Hall–Kier alpha value is -1.59. The Bertz CT molecular complexity index is 508. The minimum absolute atomic E-state index is 0.0606. The first-order chi connectivity index (χ1) is 11.0. The number of nitrogens with zero attached hydrogens (tertiary/aromatic N) is 1. The van der Waals surface area contributed by atoms with Crippen LogP contribution in [-0.2, 0) is 9.59 Å². The average Bonchev–Trinajstić information content (AvgIpc) is 2.49. The van der Waals surface area contributed by atoms with E-state index in [0.717, 1.165) is 12.8 Å². The van der Waals surface area contributed by atoms with Crippen molar-refractivity contribution >= 4 is 29.1 Å². The van der Waals surface area contributed by atoms with Crippen molar-refractivity contribution in [3.8, 4) is 0 Å². The van der Waals surface area contributed by atoms with Gasteiger partial charge in [0.1, 0.15) is 0 Å². The molecular weight excluding hydrogens is 314 g/mol. The standard InChI is InChI=1S/C17H26ClN3O2/c1-3-4-5-8-11-19-16(22)12-21(2)13-17(23)20-15-10-7-6-9-14(15)18/h6-7,9-10H,3-5,8,11-13H2,1-2H3,(H,19,22)(H,20,23). The van der Waals surface area contributed by atoms with Crippen LogP contribution in [0.15, 0.2) is 24.3 Å². The second-order valence-electron chi connectivity index (χ2n) is 5.61. The number of benzene rings is 1. The van der Waals surface area contributed by atoms with E-state index in [4.69, 9.17) is 11.6 Å². The number of hydrogen-bond acceptors (Lipinski definition) is 3. The topological polar surface area (TPSA) is 61.4 Å². The van der Waals surface area contributed by atoms with Crippen molar-refractivity contribution in [1.29, 1.82) is 0 Å². The van der Waals surface area contributed by atoms with E-state index in [2.05, 4.69) is 17.6 Å². The number of carbonyl (C=O) groups excluding carboxylic acids is 2. The molecule has 0 aliphatic heterocycles. The normalized spacial score (nSPS) is 10.6. The second-order valence-corrected chi connectivity index (χ2v) is 6.02. The van der Waals surface area contributed by atoms with E-state index in [0.29, 0.717) is 17.3 Å². The van der Waals surface area contributed by atoms with Gasteiger partial charge < -0.3 is 10.6 Å². The molecule has 23 heavy (non-hydrogen) atoms. The number of unbranched alkanes of at least 4 members (excludes halogenated alkanes) is 3. The van der Waals surface area contributed by atoms with Crippen LogP contribution < -0.4 is 10.6 Å². The zero-order valence-electron chi connectivity index (χ0n) is 13.9. The lowest BCUT2D eigenvalue weighted by Gasteiger charge is -2.16. The lowest BCUT2D eigenvalue weighted by Crippen LogP contribution is -2.39. The summed E-state index contributed by atoms with van der Waals surface area (Å²) in [6.45, 7) is 3.18. The van der Waals surface area contributed by atoms with Crippen LogP contribution in [0.5, 0.6) is 0 Å². The molecule has 2 amide bonds. The zero-order chi connectivity index (χ0) is 17.1. The number of likely N-dealkylation sites (N-methyl/N-ethyl adjacent to an activating group) is 1. The SMILES string of the molecule is CCCCCCNC(=O)CN(C)CC(=O)Nc1ccccc1Cl. The molecule has 0 bridgehead atoms. The molecule has 1 rings (SSSR count). The Labute approximate surface area is 143 Å². The van der Waals surface area contributed by atoms with E-state index in [9.17, 15) is 9.59 Å². The molecule has 0 fully saturated rings. The van der Waals surface area contributed by atoms with Gasteiger partial charge in [-0.2, -0.15) is 0 Å². The van der Waals surface area contributed by atoms with Gasteiger partial charge in [0.2, 0.25) is 11.8 Å². The van der Waals surface area contributed by atoms with Crippen molar-refractivity contribution < 1.29 is 9.59 Å². The van der Waals surface area contributed by atoms with E-state index in [1.165, 1.54) is 12.8 Å². The van der Waals surface area contributed by atoms with E-state index >= 15 is 0 Å².